The topological polar surface area (TPSA) is 30.2 Å². The van der Waals surface area contributed by atoms with Crippen LogP contribution in [-0.2, 0) is 11.2 Å². The van der Waals surface area contributed by atoms with Crippen LogP contribution >= 0.6 is 0 Å². The number of hydrogen-bond acceptors (Lipinski definition) is 2. The highest BCUT2D eigenvalue weighted by Gasteiger charge is 2.02. The summed E-state index contributed by atoms with van der Waals surface area (Å²) in [5, 5.41) is 1.10. The quantitative estimate of drug-likeness (QED) is 0.655. The van der Waals surface area contributed by atoms with E-state index in [1.165, 1.54) is 0 Å². The molecule has 0 atom stereocenters. The highest BCUT2D eigenvalue weighted by atomic mass is 16.3. The van der Waals surface area contributed by atoms with Gasteiger partial charge in [0.15, 0.2) is 0 Å². The minimum Gasteiger partial charge on any atom is -0.464 e. The molecule has 1 aromatic heterocycles. The van der Waals surface area contributed by atoms with E-state index in [1.807, 2.05) is 25.1 Å². The maximum Gasteiger partial charge on any atom is 0.134 e. The van der Waals surface area contributed by atoms with Gasteiger partial charge in [-0.3, -0.25) is 0 Å². The summed E-state index contributed by atoms with van der Waals surface area (Å²) in [6.45, 7) is 2.00. The van der Waals surface area contributed by atoms with Gasteiger partial charge in [0.25, 0.3) is 0 Å². The van der Waals surface area contributed by atoms with Crippen LogP contribution in [-0.4, -0.2) is 6.29 Å². The van der Waals surface area contributed by atoms with E-state index in [9.17, 15) is 4.79 Å². The molecule has 13 heavy (non-hydrogen) atoms. The van der Waals surface area contributed by atoms with Crippen molar-refractivity contribution in [3.8, 4) is 0 Å². The van der Waals surface area contributed by atoms with Crippen molar-refractivity contribution >= 4 is 17.3 Å². The highest BCUT2D eigenvalue weighted by Crippen LogP contribution is 2.21. The Morgan fingerprint density at radius 3 is 3.08 bits per heavy atom. The second-order valence-corrected chi connectivity index (χ2v) is 3.12. The fourth-order valence-electron chi connectivity index (χ4n) is 1.43. The zero-order valence-electron chi connectivity index (χ0n) is 7.41. The van der Waals surface area contributed by atoms with Crippen LogP contribution in [0.5, 0.6) is 0 Å². The average molecular weight is 174 g/mol. The van der Waals surface area contributed by atoms with E-state index in [-0.39, 0.29) is 0 Å². The van der Waals surface area contributed by atoms with Gasteiger partial charge in [-0.25, -0.2) is 0 Å². The minimum absolute atomic E-state index is 0.473. The Balaban J connectivity index is 2.58. The number of rotatable bonds is 2. The van der Waals surface area contributed by atoms with E-state index in [1.54, 1.807) is 6.26 Å². The second-order valence-electron chi connectivity index (χ2n) is 3.12. The number of furan rings is 1. The molecule has 2 nitrogen and oxygen atoms in total. The Bertz CT molecular complexity index is 440. The maximum atomic E-state index is 10.3. The molecule has 0 saturated heterocycles. The molecule has 1 heterocycles. The van der Waals surface area contributed by atoms with Crippen molar-refractivity contribution < 1.29 is 9.21 Å². The maximum absolute atomic E-state index is 10.3. The molecule has 0 unspecified atom stereocenters. The van der Waals surface area contributed by atoms with Gasteiger partial charge in [0.1, 0.15) is 11.9 Å². The molecular formula is C11H10O2. The molecule has 0 radical (unpaired) electrons. The van der Waals surface area contributed by atoms with Crippen LogP contribution in [0.15, 0.2) is 28.9 Å². The first-order valence-electron chi connectivity index (χ1n) is 4.21. The molecule has 0 fully saturated rings. The number of aldehydes is 1. The van der Waals surface area contributed by atoms with E-state index in [0.29, 0.717) is 6.42 Å². The van der Waals surface area contributed by atoms with Crippen molar-refractivity contribution in [2.24, 2.45) is 0 Å². The molecule has 2 rings (SSSR count). The van der Waals surface area contributed by atoms with Crippen molar-refractivity contribution in [3.05, 3.63) is 35.6 Å². The molecule has 0 saturated carbocycles. The first-order chi connectivity index (χ1) is 6.31. The molecule has 2 heteroatoms. The summed E-state index contributed by atoms with van der Waals surface area (Å²) in [7, 11) is 0. The minimum atomic E-state index is 0.473. The van der Waals surface area contributed by atoms with Crippen LogP contribution in [0.4, 0.5) is 0 Å². The predicted octanol–water partition coefficient (Wildman–Crippen LogP) is 2.48. The van der Waals surface area contributed by atoms with Crippen molar-refractivity contribution in [2.75, 3.05) is 0 Å². The lowest BCUT2D eigenvalue weighted by Crippen LogP contribution is -1.84. The van der Waals surface area contributed by atoms with Gasteiger partial charge in [0.2, 0.25) is 0 Å². The van der Waals surface area contributed by atoms with E-state index in [4.69, 9.17) is 4.42 Å². The molecule has 66 valence electrons. The number of carbonyl (C=O) groups excluding carboxylic acids is 1. The molecular weight excluding hydrogens is 164 g/mol. The SMILES string of the molecule is Cc1coc2ccc(CC=O)cc12. The van der Waals surface area contributed by atoms with E-state index >= 15 is 0 Å². The van der Waals surface area contributed by atoms with Crippen LogP contribution in [0.3, 0.4) is 0 Å². The van der Waals surface area contributed by atoms with Crippen LogP contribution < -0.4 is 0 Å². The Kier molecular flexibility index (Phi) is 1.89. The summed E-state index contributed by atoms with van der Waals surface area (Å²) in [4.78, 5) is 10.3. The van der Waals surface area contributed by atoms with Crippen LogP contribution in [0, 0.1) is 6.92 Å². The lowest BCUT2D eigenvalue weighted by atomic mass is 10.1. The van der Waals surface area contributed by atoms with E-state index in [0.717, 1.165) is 28.4 Å². The zero-order valence-corrected chi connectivity index (χ0v) is 7.41. The third kappa shape index (κ3) is 1.35. The number of aryl methyl sites for hydroxylation is 1. The smallest absolute Gasteiger partial charge is 0.134 e. The molecule has 2 aromatic rings. The molecule has 0 spiro atoms. The van der Waals surface area contributed by atoms with Gasteiger partial charge in [0, 0.05) is 11.8 Å². The lowest BCUT2D eigenvalue weighted by molar-refractivity contribution is -0.107. The van der Waals surface area contributed by atoms with Crippen LogP contribution in [0.1, 0.15) is 11.1 Å². The number of hydrogen-bond donors (Lipinski definition) is 0. The summed E-state index contributed by atoms with van der Waals surface area (Å²) in [6.07, 6.45) is 3.12. The van der Waals surface area contributed by atoms with Gasteiger partial charge >= 0.3 is 0 Å². The largest absolute Gasteiger partial charge is 0.464 e. The Morgan fingerprint density at radius 1 is 1.46 bits per heavy atom. The summed E-state index contributed by atoms with van der Waals surface area (Å²) in [5.41, 5.74) is 3.03. The van der Waals surface area contributed by atoms with Gasteiger partial charge in [-0.1, -0.05) is 6.07 Å². The van der Waals surface area contributed by atoms with Gasteiger partial charge in [0.05, 0.1) is 6.26 Å². The zero-order chi connectivity index (χ0) is 9.26. The fraction of sp³-hybridized carbons (Fsp3) is 0.182. The summed E-state index contributed by atoms with van der Waals surface area (Å²) < 4.78 is 5.29. The van der Waals surface area contributed by atoms with Gasteiger partial charge in [-0.05, 0) is 30.2 Å². The summed E-state index contributed by atoms with van der Waals surface area (Å²) in [5.74, 6) is 0. The van der Waals surface area contributed by atoms with Crippen molar-refractivity contribution in [1.29, 1.82) is 0 Å². The molecule has 1 aromatic carbocycles. The standard InChI is InChI=1S/C11H10O2/c1-8-7-13-11-3-2-9(4-5-12)6-10(8)11/h2-3,5-7H,4H2,1H3. The fourth-order valence-corrected chi connectivity index (χ4v) is 1.43. The second kappa shape index (κ2) is 3.05. The lowest BCUT2D eigenvalue weighted by Gasteiger charge is -1.94. The molecule has 0 N–H and O–H groups in total. The van der Waals surface area contributed by atoms with Crippen LogP contribution in [0.2, 0.25) is 0 Å². The van der Waals surface area contributed by atoms with Gasteiger partial charge < -0.3 is 9.21 Å². The third-order valence-electron chi connectivity index (χ3n) is 2.15. The molecule has 0 amide bonds. The van der Waals surface area contributed by atoms with Gasteiger partial charge in [-0.15, -0.1) is 0 Å². The van der Waals surface area contributed by atoms with Crippen LogP contribution in [0.25, 0.3) is 11.0 Å². The predicted molar refractivity (Wildman–Crippen MR) is 50.7 cm³/mol. The Hall–Kier alpha value is -1.57. The van der Waals surface area contributed by atoms with Crippen molar-refractivity contribution in [2.45, 2.75) is 13.3 Å². The highest BCUT2D eigenvalue weighted by molar-refractivity contribution is 5.82. The Labute approximate surface area is 76.2 Å². The molecule has 0 bridgehead atoms. The molecule has 0 aliphatic rings. The normalized spacial score (nSPS) is 10.5. The van der Waals surface area contributed by atoms with Crippen molar-refractivity contribution in [1.82, 2.24) is 0 Å². The first kappa shape index (κ1) is 8.05. The number of fused-ring (bicyclic) bond motifs is 1. The Morgan fingerprint density at radius 2 is 2.31 bits per heavy atom. The summed E-state index contributed by atoms with van der Waals surface area (Å²) >= 11 is 0. The van der Waals surface area contributed by atoms with E-state index in [2.05, 4.69) is 0 Å². The number of carbonyl (C=O) groups is 1. The monoisotopic (exact) mass is 174 g/mol. The van der Waals surface area contributed by atoms with E-state index < -0.39 is 0 Å². The van der Waals surface area contributed by atoms with Gasteiger partial charge in [-0.2, -0.15) is 0 Å². The summed E-state index contributed by atoms with van der Waals surface area (Å²) in [6, 6.07) is 5.82. The average Bonchev–Trinajstić information content (AvgIpc) is 2.49. The van der Waals surface area contributed by atoms with Crippen molar-refractivity contribution in [3.63, 3.8) is 0 Å². The third-order valence-corrected chi connectivity index (χ3v) is 2.15. The molecule has 0 aliphatic carbocycles. The first-order valence-corrected chi connectivity index (χ1v) is 4.21. The molecule has 0 aliphatic heterocycles. The number of benzene rings is 1.